The lowest BCUT2D eigenvalue weighted by Crippen LogP contribution is -2.19. The molecule has 1 aromatic carbocycles. The van der Waals surface area contributed by atoms with Gasteiger partial charge in [-0.2, -0.15) is 18.3 Å². The molecule has 0 aliphatic carbocycles. The number of hydrogen-bond acceptors (Lipinski definition) is 3. The molecular weight excluding hydrogens is 377 g/mol. The van der Waals surface area contributed by atoms with E-state index in [0.29, 0.717) is 28.3 Å². The summed E-state index contributed by atoms with van der Waals surface area (Å²) < 4.78 is 42.1. The van der Waals surface area contributed by atoms with Crippen molar-refractivity contribution < 1.29 is 13.2 Å². The predicted molar refractivity (Wildman–Crippen MR) is 97.9 cm³/mol. The van der Waals surface area contributed by atoms with Crippen LogP contribution in [0.15, 0.2) is 60.0 Å². The van der Waals surface area contributed by atoms with Crippen molar-refractivity contribution in [2.24, 2.45) is 0 Å². The zero-order chi connectivity index (χ0) is 19.6. The highest BCUT2D eigenvalue weighted by Gasteiger charge is 2.30. The maximum Gasteiger partial charge on any atom is 0.416 e. The highest BCUT2D eigenvalue weighted by molar-refractivity contribution is 7.71. The summed E-state index contributed by atoms with van der Waals surface area (Å²) in [6.45, 7) is 4.10. The van der Waals surface area contributed by atoms with Gasteiger partial charge in [0.25, 0.3) is 5.56 Å². The van der Waals surface area contributed by atoms with Crippen LogP contribution in [0.25, 0.3) is 11.4 Å². The van der Waals surface area contributed by atoms with E-state index in [0.717, 1.165) is 12.1 Å². The number of allylic oxidation sites excluding steroid dienone is 1. The molecule has 0 saturated carbocycles. The summed E-state index contributed by atoms with van der Waals surface area (Å²) in [6.07, 6.45) is -1.23. The standard InChI is InChI=1S/C18H15F3N4OS/c1-2-8-25-16(22-23-17(25)27)13-6-7-15(26)24(11-13)10-12-4-3-5-14(9-12)18(19,20)21/h2-7,9,11H,1,8,10H2,(H,23,27). The summed E-state index contributed by atoms with van der Waals surface area (Å²) >= 11 is 5.17. The summed E-state index contributed by atoms with van der Waals surface area (Å²) in [5, 5.41) is 6.85. The third-order valence-corrected chi connectivity index (χ3v) is 4.23. The van der Waals surface area contributed by atoms with Gasteiger partial charge in [-0.05, 0) is 36.0 Å². The number of aromatic amines is 1. The van der Waals surface area contributed by atoms with Crippen LogP contribution in [-0.2, 0) is 19.3 Å². The van der Waals surface area contributed by atoms with Crippen LogP contribution in [-0.4, -0.2) is 19.3 Å². The zero-order valence-corrected chi connectivity index (χ0v) is 14.8. The van der Waals surface area contributed by atoms with Crippen molar-refractivity contribution in [3.05, 3.63) is 81.5 Å². The molecule has 5 nitrogen and oxygen atoms in total. The maximum absolute atomic E-state index is 12.9. The van der Waals surface area contributed by atoms with Gasteiger partial charge in [-0.15, -0.1) is 6.58 Å². The number of nitrogens with zero attached hydrogens (tertiary/aromatic N) is 3. The molecule has 0 aliphatic heterocycles. The van der Waals surface area contributed by atoms with Crippen LogP contribution in [0.2, 0.25) is 0 Å². The molecule has 0 atom stereocenters. The maximum atomic E-state index is 12.9. The largest absolute Gasteiger partial charge is 0.416 e. The van der Waals surface area contributed by atoms with Gasteiger partial charge in [0.1, 0.15) is 0 Å². The van der Waals surface area contributed by atoms with Crippen LogP contribution in [0.1, 0.15) is 11.1 Å². The molecule has 0 saturated heterocycles. The predicted octanol–water partition coefficient (Wildman–Crippen LogP) is 4.02. The van der Waals surface area contributed by atoms with Crippen molar-refractivity contribution >= 4 is 12.2 Å². The van der Waals surface area contributed by atoms with Gasteiger partial charge in [0.15, 0.2) is 10.6 Å². The van der Waals surface area contributed by atoms with Gasteiger partial charge in [0.05, 0.1) is 12.1 Å². The fourth-order valence-electron chi connectivity index (χ4n) is 2.67. The fourth-order valence-corrected chi connectivity index (χ4v) is 2.87. The van der Waals surface area contributed by atoms with Gasteiger partial charge in [-0.25, -0.2) is 0 Å². The Morgan fingerprint density at radius 2 is 2.04 bits per heavy atom. The fraction of sp³-hybridized carbons (Fsp3) is 0.167. The van der Waals surface area contributed by atoms with Crippen LogP contribution >= 0.6 is 12.2 Å². The lowest BCUT2D eigenvalue weighted by Gasteiger charge is -2.11. The highest BCUT2D eigenvalue weighted by atomic mass is 32.1. The van der Waals surface area contributed by atoms with Crippen LogP contribution in [0, 0.1) is 4.77 Å². The van der Waals surface area contributed by atoms with E-state index in [-0.39, 0.29) is 12.1 Å². The molecule has 0 spiro atoms. The van der Waals surface area contributed by atoms with E-state index in [2.05, 4.69) is 16.8 Å². The number of benzene rings is 1. The SMILES string of the molecule is C=CCn1c(-c2ccc(=O)n(Cc3cccc(C(F)(F)F)c3)c2)n[nH]c1=S. The number of H-pyrrole nitrogens is 1. The molecule has 0 aliphatic rings. The lowest BCUT2D eigenvalue weighted by atomic mass is 10.1. The first-order valence-electron chi connectivity index (χ1n) is 7.92. The Kier molecular flexibility index (Phi) is 5.13. The molecule has 1 N–H and O–H groups in total. The van der Waals surface area contributed by atoms with E-state index in [1.165, 1.54) is 16.7 Å². The average molecular weight is 392 g/mol. The smallest absolute Gasteiger partial charge is 0.310 e. The first-order chi connectivity index (χ1) is 12.8. The number of halogens is 3. The highest BCUT2D eigenvalue weighted by Crippen LogP contribution is 2.29. The Morgan fingerprint density at radius 3 is 2.74 bits per heavy atom. The third kappa shape index (κ3) is 4.08. The third-order valence-electron chi connectivity index (χ3n) is 3.92. The molecule has 27 heavy (non-hydrogen) atoms. The molecular formula is C18H15F3N4OS. The summed E-state index contributed by atoms with van der Waals surface area (Å²) in [7, 11) is 0. The van der Waals surface area contributed by atoms with Crippen molar-refractivity contribution in [3.8, 4) is 11.4 Å². The number of alkyl halides is 3. The monoisotopic (exact) mass is 392 g/mol. The van der Waals surface area contributed by atoms with E-state index >= 15 is 0 Å². The molecule has 3 rings (SSSR count). The number of pyridine rings is 1. The van der Waals surface area contributed by atoms with E-state index in [1.54, 1.807) is 29.0 Å². The van der Waals surface area contributed by atoms with Gasteiger partial charge in [0.2, 0.25) is 0 Å². The van der Waals surface area contributed by atoms with Crippen LogP contribution in [0.5, 0.6) is 0 Å². The van der Waals surface area contributed by atoms with E-state index in [1.807, 2.05) is 0 Å². The molecule has 0 radical (unpaired) electrons. The minimum absolute atomic E-state index is 0.00318. The Balaban J connectivity index is 1.99. The van der Waals surface area contributed by atoms with E-state index in [4.69, 9.17) is 12.2 Å². The van der Waals surface area contributed by atoms with Gasteiger partial charge in [-0.1, -0.05) is 18.2 Å². The Bertz CT molecular complexity index is 1090. The van der Waals surface area contributed by atoms with Crippen LogP contribution in [0.4, 0.5) is 13.2 Å². The summed E-state index contributed by atoms with van der Waals surface area (Å²) in [5.41, 5.74) is -0.110. The average Bonchev–Trinajstić information content (AvgIpc) is 2.98. The summed E-state index contributed by atoms with van der Waals surface area (Å²) in [5.74, 6) is 0.512. The topological polar surface area (TPSA) is 55.6 Å². The normalized spacial score (nSPS) is 11.5. The Hall–Kier alpha value is -2.94. The van der Waals surface area contributed by atoms with Crippen molar-refractivity contribution in [1.82, 2.24) is 19.3 Å². The van der Waals surface area contributed by atoms with E-state index in [9.17, 15) is 18.0 Å². The molecule has 0 bridgehead atoms. The van der Waals surface area contributed by atoms with Gasteiger partial charge >= 0.3 is 6.18 Å². The van der Waals surface area contributed by atoms with Crippen molar-refractivity contribution in [1.29, 1.82) is 0 Å². The first kappa shape index (κ1) is 18.8. The lowest BCUT2D eigenvalue weighted by molar-refractivity contribution is -0.137. The van der Waals surface area contributed by atoms with Gasteiger partial charge in [0, 0.05) is 24.4 Å². The molecule has 3 aromatic rings. The zero-order valence-electron chi connectivity index (χ0n) is 14.0. The molecule has 2 aromatic heterocycles. The Morgan fingerprint density at radius 1 is 1.26 bits per heavy atom. The number of hydrogen-bond donors (Lipinski definition) is 1. The minimum Gasteiger partial charge on any atom is -0.310 e. The quantitative estimate of drug-likeness (QED) is 0.527. The molecule has 140 valence electrons. The molecule has 0 amide bonds. The van der Waals surface area contributed by atoms with Crippen molar-refractivity contribution in [2.45, 2.75) is 19.3 Å². The summed E-state index contributed by atoms with van der Waals surface area (Å²) in [4.78, 5) is 12.2. The number of nitrogens with one attached hydrogen (secondary N) is 1. The second kappa shape index (κ2) is 7.36. The second-order valence-electron chi connectivity index (χ2n) is 5.83. The van der Waals surface area contributed by atoms with Crippen molar-refractivity contribution in [3.63, 3.8) is 0 Å². The van der Waals surface area contributed by atoms with Crippen LogP contribution < -0.4 is 5.56 Å². The molecule has 0 fully saturated rings. The summed E-state index contributed by atoms with van der Waals surface area (Å²) in [6, 6.07) is 7.83. The van der Waals surface area contributed by atoms with Crippen LogP contribution in [0.3, 0.4) is 0 Å². The molecule has 9 heteroatoms. The molecule has 2 heterocycles. The number of rotatable bonds is 5. The first-order valence-corrected chi connectivity index (χ1v) is 8.33. The number of aromatic nitrogens is 4. The Labute approximate surface area is 157 Å². The second-order valence-corrected chi connectivity index (χ2v) is 6.22. The molecule has 0 unspecified atom stereocenters. The minimum atomic E-state index is -4.44. The van der Waals surface area contributed by atoms with E-state index < -0.39 is 11.7 Å². The van der Waals surface area contributed by atoms with Gasteiger partial charge in [-0.3, -0.25) is 14.5 Å². The van der Waals surface area contributed by atoms with Gasteiger partial charge < -0.3 is 4.57 Å². The van der Waals surface area contributed by atoms with Crippen molar-refractivity contribution in [2.75, 3.05) is 0 Å².